The maximum absolute atomic E-state index is 9.93. The second-order valence-corrected chi connectivity index (χ2v) is 3.40. The van der Waals surface area contributed by atoms with Crippen molar-refractivity contribution < 1.29 is 10.2 Å². The third kappa shape index (κ3) is 0.958. The van der Waals surface area contributed by atoms with Crippen LogP contribution in [0.1, 0.15) is 0 Å². The predicted octanol–water partition coefficient (Wildman–Crippen LogP) is 0.461. The van der Waals surface area contributed by atoms with E-state index in [0.29, 0.717) is 21.5 Å². The van der Waals surface area contributed by atoms with Gasteiger partial charge < -0.3 is 10.2 Å². The van der Waals surface area contributed by atoms with E-state index in [4.69, 9.17) is 0 Å². The number of hydrogen-bond donors (Lipinski definition) is 2. The number of rotatable bonds is 0. The highest BCUT2D eigenvalue weighted by Crippen LogP contribution is 2.25. The average Bonchev–Trinajstić information content (AvgIpc) is 2.75. The van der Waals surface area contributed by atoms with Crippen molar-refractivity contribution in [2.24, 2.45) is 9.98 Å². The lowest BCUT2D eigenvalue weighted by atomic mass is 10.1. The Kier molecular flexibility index (Phi) is 1.48. The SMILES string of the molecule is Oc1c2c(c(O)c3ccccc13)=NCN=2. The first-order chi connectivity index (χ1) is 7.29. The summed E-state index contributed by atoms with van der Waals surface area (Å²) in [5.74, 6) is 0.194. The highest BCUT2D eigenvalue weighted by molar-refractivity contribution is 5.92. The molecule has 0 amide bonds. The van der Waals surface area contributed by atoms with Gasteiger partial charge in [-0.05, 0) is 0 Å². The molecule has 0 unspecified atom stereocenters. The summed E-state index contributed by atoms with van der Waals surface area (Å²) in [5, 5.41) is 21.9. The van der Waals surface area contributed by atoms with Crippen LogP contribution in [0.25, 0.3) is 10.8 Å². The first-order valence-corrected chi connectivity index (χ1v) is 4.60. The molecule has 0 fully saturated rings. The zero-order valence-corrected chi connectivity index (χ0v) is 7.81. The standard InChI is InChI=1S/C11H8N2O2/c14-10-6-3-1-2-4-7(6)11(15)9-8(10)12-5-13-9/h1-4,14-15H,5H2. The fraction of sp³-hybridized carbons (Fsp3) is 0.0909. The lowest BCUT2D eigenvalue weighted by Crippen LogP contribution is -2.22. The summed E-state index contributed by atoms with van der Waals surface area (Å²) < 4.78 is 0. The summed E-state index contributed by atoms with van der Waals surface area (Å²) in [7, 11) is 0. The molecule has 1 heterocycles. The second kappa shape index (κ2) is 2.70. The van der Waals surface area contributed by atoms with Gasteiger partial charge in [-0.3, -0.25) is 9.98 Å². The van der Waals surface area contributed by atoms with Crippen molar-refractivity contribution in [1.29, 1.82) is 0 Å². The van der Waals surface area contributed by atoms with Gasteiger partial charge in [0.15, 0.2) is 11.5 Å². The highest BCUT2D eigenvalue weighted by Gasteiger charge is 2.13. The van der Waals surface area contributed by atoms with Gasteiger partial charge in [0, 0.05) is 10.8 Å². The third-order valence-electron chi connectivity index (χ3n) is 2.57. The van der Waals surface area contributed by atoms with E-state index in [1.165, 1.54) is 0 Å². The molecule has 4 nitrogen and oxygen atoms in total. The van der Waals surface area contributed by atoms with Crippen LogP contribution in [0.4, 0.5) is 0 Å². The normalized spacial score (nSPS) is 13.3. The number of phenolic OH excluding ortho intramolecular Hbond substituents is 2. The number of aromatic hydroxyl groups is 2. The Morgan fingerprint density at radius 2 is 1.33 bits per heavy atom. The van der Waals surface area contributed by atoms with E-state index < -0.39 is 0 Å². The van der Waals surface area contributed by atoms with Gasteiger partial charge in [0.2, 0.25) is 0 Å². The van der Waals surface area contributed by atoms with Crippen molar-refractivity contribution in [3.05, 3.63) is 35.0 Å². The zero-order chi connectivity index (χ0) is 10.4. The molecular weight excluding hydrogens is 192 g/mol. The molecule has 1 aliphatic heterocycles. The summed E-state index contributed by atoms with van der Waals surface area (Å²) >= 11 is 0. The maximum atomic E-state index is 9.93. The van der Waals surface area contributed by atoms with Crippen LogP contribution in [-0.4, -0.2) is 16.9 Å². The largest absolute Gasteiger partial charge is 0.505 e. The molecule has 0 atom stereocenters. The van der Waals surface area contributed by atoms with E-state index in [9.17, 15) is 10.2 Å². The van der Waals surface area contributed by atoms with Gasteiger partial charge in [-0.15, -0.1) is 0 Å². The summed E-state index contributed by atoms with van der Waals surface area (Å²) in [4.78, 5) is 8.07. The van der Waals surface area contributed by atoms with Crippen LogP contribution < -0.4 is 10.7 Å². The van der Waals surface area contributed by atoms with Crippen molar-refractivity contribution in [3.8, 4) is 11.5 Å². The molecule has 3 rings (SSSR count). The third-order valence-corrected chi connectivity index (χ3v) is 2.57. The van der Waals surface area contributed by atoms with E-state index in [1.807, 2.05) is 0 Å². The molecule has 2 aromatic carbocycles. The molecule has 2 aromatic rings. The predicted molar refractivity (Wildman–Crippen MR) is 54.5 cm³/mol. The number of hydrogen-bond acceptors (Lipinski definition) is 4. The number of nitrogens with zero attached hydrogens (tertiary/aromatic N) is 2. The Morgan fingerprint density at radius 3 is 1.80 bits per heavy atom. The summed E-state index contributed by atoms with van der Waals surface area (Å²) in [6, 6.07) is 7.11. The molecule has 0 aromatic heterocycles. The molecule has 0 spiro atoms. The van der Waals surface area contributed by atoms with E-state index in [-0.39, 0.29) is 18.2 Å². The number of phenols is 2. The van der Waals surface area contributed by atoms with Crippen LogP contribution >= 0.6 is 0 Å². The molecule has 1 aliphatic rings. The van der Waals surface area contributed by atoms with Gasteiger partial charge in [0.05, 0.1) is 0 Å². The van der Waals surface area contributed by atoms with Crippen molar-refractivity contribution in [3.63, 3.8) is 0 Å². The van der Waals surface area contributed by atoms with Crippen LogP contribution in [-0.2, 0) is 0 Å². The monoisotopic (exact) mass is 200 g/mol. The summed E-state index contributed by atoms with van der Waals surface area (Å²) in [6.07, 6.45) is 0. The molecule has 15 heavy (non-hydrogen) atoms. The summed E-state index contributed by atoms with van der Waals surface area (Å²) in [6.45, 7) is 0.271. The van der Waals surface area contributed by atoms with Gasteiger partial charge >= 0.3 is 0 Å². The first kappa shape index (κ1) is 8.23. The van der Waals surface area contributed by atoms with E-state index in [0.717, 1.165) is 0 Å². The topological polar surface area (TPSA) is 65.2 Å². The minimum absolute atomic E-state index is 0.0969. The Bertz CT molecular complexity index is 619. The van der Waals surface area contributed by atoms with E-state index in [2.05, 4.69) is 9.98 Å². The van der Waals surface area contributed by atoms with Crippen LogP contribution in [0.15, 0.2) is 34.3 Å². The molecule has 0 saturated heterocycles. The Balaban J connectivity index is 2.71. The smallest absolute Gasteiger partial charge is 0.151 e. The van der Waals surface area contributed by atoms with Crippen molar-refractivity contribution in [2.75, 3.05) is 6.67 Å². The molecular formula is C11H8N2O2. The zero-order valence-electron chi connectivity index (χ0n) is 7.81. The van der Waals surface area contributed by atoms with Gasteiger partial charge in [-0.1, -0.05) is 24.3 Å². The van der Waals surface area contributed by atoms with Crippen molar-refractivity contribution >= 4 is 10.8 Å². The highest BCUT2D eigenvalue weighted by atomic mass is 16.3. The minimum atomic E-state index is 0.0969. The van der Waals surface area contributed by atoms with Gasteiger partial charge in [-0.25, -0.2) is 0 Å². The van der Waals surface area contributed by atoms with Crippen LogP contribution in [0, 0.1) is 0 Å². The average molecular weight is 200 g/mol. The molecule has 0 aliphatic carbocycles. The van der Waals surface area contributed by atoms with Gasteiger partial charge in [0.25, 0.3) is 0 Å². The Hall–Kier alpha value is -2.10. The van der Waals surface area contributed by atoms with Crippen molar-refractivity contribution in [1.82, 2.24) is 0 Å². The summed E-state index contributed by atoms with van der Waals surface area (Å²) in [5.41, 5.74) is 0. The Labute approximate surface area is 84.9 Å². The number of fused-ring (bicyclic) bond motifs is 2. The number of benzene rings is 2. The van der Waals surface area contributed by atoms with E-state index >= 15 is 0 Å². The van der Waals surface area contributed by atoms with Gasteiger partial charge in [0.1, 0.15) is 17.4 Å². The van der Waals surface area contributed by atoms with Crippen molar-refractivity contribution in [2.45, 2.75) is 0 Å². The second-order valence-electron chi connectivity index (χ2n) is 3.40. The van der Waals surface area contributed by atoms with Gasteiger partial charge in [-0.2, -0.15) is 0 Å². The molecule has 0 saturated carbocycles. The molecule has 4 heteroatoms. The molecule has 0 bridgehead atoms. The fourth-order valence-electron chi connectivity index (χ4n) is 1.85. The van der Waals surface area contributed by atoms with Crippen LogP contribution in [0.5, 0.6) is 11.5 Å². The molecule has 2 N–H and O–H groups in total. The molecule has 0 radical (unpaired) electrons. The van der Waals surface area contributed by atoms with Crippen LogP contribution in [0.3, 0.4) is 0 Å². The van der Waals surface area contributed by atoms with Crippen LogP contribution in [0.2, 0.25) is 0 Å². The molecule has 74 valence electrons. The quantitative estimate of drug-likeness (QED) is 0.607. The lowest BCUT2D eigenvalue weighted by molar-refractivity contribution is 0.459. The minimum Gasteiger partial charge on any atom is -0.505 e. The maximum Gasteiger partial charge on any atom is 0.151 e. The lowest BCUT2D eigenvalue weighted by Gasteiger charge is -2.02. The fourth-order valence-corrected chi connectivity index (χ4v) is 1.85. The first-order valence-electron chi connectivity index (χ1n) is 4.60. The Morgan fingerprint density at radius 1 is 0.867 bits per heavy atom. The van der Waals surface area contributed by atoms with E-state index in [1.54, 1.807) is 24.3 Å².